The van der Waals surface area contributed by atoms with Crippen molar-refractivity contribution in [1.82, 2.24) is 15.5 Å². The van der Waals surface area contributed by atoms with E-state index in [4.69, 9.17) is 4.52 Å². The van der Waals surface area contributed by atoms with Gasteiger partial charge in [0.05, 0.1) is 6.42 Å². The fourth-order valence-electron chi connectivity index (χ4n) is 4.04. The van der Waals surface area contributed by atoms with Crippen LogP contribution in [0.25, 0.3) is 11.4 Å². The first-order valence-corrected chi connectivity index (χ1v) is 10.7. The summed E-state index contributed by atoms with van der Waals surface area (Å²) in [6, 6.07) is 19.4. The van der Waals surface area contributed by atoms with Crippen molar-refractivity contribution in [3.8, 4) is 11.4 Å². The average Bonchev–Trinajstić information content (AvgIpc) is 3.25. The summed E-state index contributed by atoms with van der Waals surface area (Å²) in [5.41, 5.74) is 3.35. The van der Waals surface area contributed by atoms with Crippen molar-refractivity contribution in [1.29, 1.82) is 0 Å². The Morgan fingerprint density at radius 3 is 2.57 bits per heavy atom. The standard InChI is InChI=1S/C24H26N4O2/c29-22(25-21-10-11-21)15-18-8-6-17(7-9-18)14-19-12-13-28(16-19)24-26-23(27-30-24)20-4-2-1-3-5-20/h1-9,19,21H,10-16H2,(H,25,29). The molecule has 154 valence electrons. The third kappa shape index (κ3) is 4.53. The number of amides is 1. The molecule has 2 aromatic carbocycles. The molecule has 1 N–H and O–H groups in total. The van der Waals surface area contributed by atoms with Gasteiger partial charge in [0.25, 0.3) is 0 Å². The van der Waals surface area contributed by atoms with Crippen LogP contribution in [-0.2, 0) is 17.6 Å². The van der Waals surface area contributed by atoms with Crippen molar-refractivity contribution in [2.45, 2.75) is 38.1 Å². The summed E-state index contributed by atoms with van der Waals surface area (Å²) in [5.74, 6) is 1.32. The molecule has 2 heterocycles. The van der Waals surface area contributed by atoms with E-state index in [9.17, 15) is 4.79 Å². The summed E-state index contributed by atoms with van der Waals surface area (Å²) in [6.07, 6.45) is 4.84. The van der Waals surface area contributed by atoms with Gasteiger partial charge in [0.1, 0.15) is 0 Å². The number of anilines is 1. The van der Waals surface area contributed by atoms with Crippen LogP contribution in [0.3, 0.4) is 0 Å². The van der Waals surface area contributed by atoms with Gasteiger partial charge in [-0.05, 0) is 42.7 Å². The summed E-state index contributed by atoms with van der Waals surface area (Å²) >= 11 is 0. The zero-order chi connectivity index (χ0) is 20.3. The zero-order valence-corrected chi connectivity index (χ0v) is 17.0. The molecule has 0 spiro atoms. The molecule has 3 aromatic rings. The second-order valence-electron chi connectivity index (χ2n) is 8.41. The quantitative estimate of drug-likeness (QED) is 0.653. The maximum atomic E-state index is 12.0. The molecule has 0 bridgehead atoms. The van der Waals surface area contributed by atoms with E-state index < -0.39 is 0 Å². The molecule has 1 saturated heterocycles. The monoisotopic (exact) mass is 402 g/mol. The Labute approximate surface area is 176 Å². The molecule has 1 unspecified atom stereocenters. The summed E-state index contributed by atoms with van der Waals surface area (Å²) in [7, 11) is 0. The minimum Gasteiger partial charge on any atom is -0.353 e. The van der Waals surface area contributed by atoms with E-state index in [1.807, 2.05) is 30.3 Å². The fourth-order valence-corrected chi connectivity index (χ4v) is 4.04. The second-order valence-corrected chi connectivity index (χ2v) is 8.41. The highest BCUT2D eigenvalue weighted by molar-refractivity contribution is 5.79. The smallest absolute Gasteiger partial charge is 0.324 e. The Hall–Kier alpha value is -3.15. The van der Waals surface area contributed by atoms with E-state index in [0.717, 1.165) is 49.9 Å². The van der Waals surface area contributed by atoms with Gasteiger partial charge in [-0.3, -0.25) is 4.79 Å². The van der Waals surface area contributed by atoms with E-state index in [1.165, 1.54) is 5.56 Å². The molecule has 1 aromatic heterocycles. The molecule has 1 atom stereocenters. The Kier molecular flexibility index (Phi) is 5.22. The first-order valence-electron chi connectivity index (χ1n) is 10.7. The van der Waals surface area contributed by atoms with Crippen LogP contribution in [0.15, 0.2) is 59.1 Å². The van der Waals surface area contributed by atoms with Crippen LogP contribution >= 0.6 is 0 Å². The molecule has 0 radical (unpaired) electrons. The van der Waals surface area contributed by atoms with Crippen LogP contribution in [0.1, 0.15) is 30.4 Å². The first kappa shape index (κ1) is 18.9. The number of carbonyl (C=O) groups excluding carboxylic acids is 1. The molecule has 6 nitrogen and oxygen atoms in total. The number of rotatable bonds is 7. The third-order valence-corrected chi connectivity index (χ3v) is 5.86. The van der Waals surface area contributed by atoms with Gasteiger partial charge in [-0.15, -0.1) is 0 Å². The largest absolute Gasteiger partial charge is 0.353 e. The molecule has 1 amide bonds. The van der Waals surface area contributed by atoms with Crippen molar-refractivity contribution in [3.05, 3.63) is 65.7 Å². The minimum absolute atomic E-state index is 0.131. The van der Waals surface area contributed by atoms with Crippen LogP contribution in [-0.4, -0.2) is 35.2 Å². The lowest BCUT2D eigenvalue weighted by Gasteiger charge is -2.13. The minimum atomic E-state index is 0.131. The lowest BCUT2D eigenvalue weighted by molar-refractivity contribution is -0.120. The van der Waals surface area contributed by atoms with Gasteiger partial charge in [0.2, 0.25) is 11.7 Å². The van der Waals surface area contributed by atoms with E-state index in [0.29, 0.717) is 30.2 Å². The van der Waals surface area contributed by atoms with Gasteiger partial charge in [0, 0.05) is 24.7 Å². The van der Waals surface area contributed by atoms with Crippen molar-refractivity contribution >= 4 is 11.9 Å². The highest BCUT2D eigenvalue weighted by atomic mass is 16.5. The first-order chi connectivity index (χ1) is 14.7. The Bertz CT molecular complexity index is 996. The molecular formula is C24H26N4O2. The Morgan fingerprint density at radius 2 is 1.80 bits per heavy atom. The van der Waals surface area contributed by atoms with Crippen molar-refractivity contribution < 1.29 is 9.32 Å². The lowest BCUT2D eigenvalue weighted by Crippen LogP contribution is -2.26. The SMILES string of the molecule is O=C(Cc1ccc(CC2CCN(c3nc(-c4ccccc4)no3)C2)cc1)NC1CC1. The predicted molar refractivity (Wildman–Crippen MR) is 115 cm³/mol. The highest BCUT2D eigenvalue weighted by Gasteiger charge is 2.27. The van der Waals surface area contributed by atoms with E-state index in [1.54, 1.807) is 0 Å². The molecule has 6 heteroatoms. The molecular weight excluding hydrogens is 376 g/mol. The third-order valence-electron chi connectivity index (χ3n) is 5.86. The Balaban J connectivity index is 1.15. The van der Waals surface area contributed by atoms with Crippen LogP contribution in [0, 0.1) is 5.92 Å². The summed E-state index contributed by atoms with van der Waals surface area (Å²) < 4.78 is 5.51. The van der Waals surface area contributed by atoms with Crippen molar-refractivity contribution in [2.75, 3.05) is 18.0 Å². The van der Waals surface area contributed by atoms with Gasteiger partial charge in [0.15, 0.2) is 0 Å². The molecule has 30 heavy (non-hydrogen) atoms. The van der Waals surface area contributed by atoms with Gasteiger partial charge < -0.3 is 14.7 Å². The highest BCUT2D eigenvalue weighted by Crippen LogP contribution is 2.27. The summed E-state index contributed by atoms with van der Waals surface area (Å²) in [5, 5.41) is 7.18. The maximum absolute atomic E-state index is 12.0. The predicted octanol–water partition coefficient (Wildman–Crippen LogP) is 3.63. The number of aromatic nitrogens is 2. The molecule has 2 aliphatic rings. The second kappa shape index (κ2) is 8.30. The van der Waals surface area contributed by atoms with E-state index in [2.05, 4.69) is 44.6 Å². The van der Waals surface area contributed by atoms with Gasteiger partial charge in [-0.1, -0.05) is 59.8 Å². The fraction of sp³-hybridized carbons (Fsp3) is 0.375. The Morgan fingerprint density at radius 1 is 1.03 bits per heavy atom. The van der Waals surface area contributed by atoms with E-state index >= 15 is 0 Å². The van der Waals surface area contributed by atoms with Crippen molar-refractivity contribution in [2.24, 2.45) is 5.92 Å². The molecule has 2 fully saturated rings. The van der Waals surface area contributed by atoms with Crippen molar-refractivity contribution in [3.63, 3.8) is 0 Å². The van der Waals surface area contributed by atoms with E-state index in [-0.39, 0.29) is 5.91 Å². The number of benzene rings is 2. The van der Waals surface area contributed by atoms with Crippen LogP contribution in [0.2, 0.25) is 0 Å². The molecule has 1 saturated carbocycles. The average molecular weight is 402 g/mol. The molecule has 1 aliphatic carbocycles. The summed E-state index contributed by atoms with van der Waals surface area (Å²) in [6.45, 7) is 1.85. The lowest BCUT2D eigenvalue weighted by atomic mass is 9.97. The maximum Gasteiger partial charge on any atom is 0.324 e. The number of nitrogens with one attached hydrogen (secondary N) is 1. The topological polar surface area (TPSA) is 71.3 Å². The van der Waals surface area contributed by atoms with Gasteiger partial charge in [-0.25, -0.2) is 0 Å². The normalized spacial score (nSPS) is 18.5. The van der Waals surface area contributed by atoms with Gasteiger partial charge >= 0.3 is 6.01 Å². The number of hydrogen-bond donors (Lipinski definition) is 1. The van der Waals surface area contributed by atoms with Crippen LogP contribution in [0.4, 0.5) is 6.01 Å². The van der Waals surface area contributed by atoms with Crippen LogP contribution in [0.5, 0.6) is 0 Å². The van der Waals surface area contributed by atoms with Crippen LogP contribution < -0.4 is 10.2 Å². The number of hydrogen-bond acceptors (Lipinski definition) is 5. The molecule has 1 aliphatic heterocycles. The molecule has 5 rings (SSSR count). The number of nitrogens with zero attached hydrogens (tertiary/aromatic N) is 3. The van der Waals surface area contributed by atoms with Gasteiger partial charge in [-0.2, -0.15) is 4.98 Å². The number of carbonyl (C=O) groups is 1. The zero-order valence-electron chi connectivity index (χ0n) is 17.0. The summed E-state index contributed by atoms with van der Waals surface area (Å²) in [4.78, 5) is 18.7.